The number of aryl methyl sites for hydroxylation is 1. The number of nitrogens with zero attached hydrogens (tertiary/aromatic N) is 4. The van der Waals surface area contributed by atoms with Gasteiger partial charge in [-0.3, -0.25) is 9.78 Å². The number of aromatic nitrogens is 4. The fourth-order valence-electron chi connectivity index (χ4n) is 2.89. The average molecular weight is 333 g/mol. The lowest BCUT2D eigenvalue weighted by Crippen LogP contribution is -2.30. The molecule has 0 saturated heterocycles. The molecular formula is C19H19N5O. The van der Waals surface area contributed by atoms with E-state index in [1.165, 1.54) is 0 Å². The van der Waals surface area contributed by atoms with E-state index in [2.05, 4.69) is 20.6 Å². The van der Waals surface area contributed by atoms with Crippen LogP contribution in [0.25, 0.3) is 5.69 Å². The van der Waals surface area contributed by atoms with Crippen LogP contribution in [-0.4, -0.2) is 25.9 Å². The molecule has 0 aliphatic heterocycles. The number of benzene rings is 1. The maximum Gasteiger partial charge on any atom is 0.274 e. The Morgan fingerprint density at radius 2 is 1.96 bits per heavy atom. The molecule has 6 nitrogen and oxygen atoms in total. The summed E-state index contributed by atoms with van der Waals surface area (Å²) < 4.78 is 1.60. The maximum absolute atomic E-state index is 12.6. The van der Waals surface area contributed by atoms with Crippen LogP contribution in [0.3, 0.4) is 0 Å². The molecule has 25 heavy (non-hydrogen) atoms. The minimum absolute atomic E-state index is 0.0747. The minimum atomic E-state index is -0.220. The van der Waals surface area contributed by atoms with E-state index in [1.54, 1.807) is 10.9 Å². The van der Waals surface area contributed by atoms with Crippen LogP contribution in [0.15, 0.2) is 54.7 Å². The first-order valence-corrected chi connectivity index (χ1v) is 8.43. The van der Waals surface area contributed by atoms with Crippen molar-refractivity contribution in [3.05, 3.63) is 71.8 Å². The summed E-state index contributed by atoms with van der Waals surface area (Å²) in [4.78, 5) is 17.2. The first-order chi connectivity index (χ1) is 12.2. The van der Waals surface area contributed by atoms with Crippen LogP contribution < -0.4 is 5.32 Å². The lowest BCUT2D eigenvalue weighted by molar-refractivity contribution is 0.0925. The molecule has 1 fully saturated rings. The molecule has 2 heterocycles. The molecule has 2 aromatic heterocycles. The third-order valence-corrected chi connectivity index (χ3v) is 4.36. The normalized spacial score (nSPS) is 14.9. The quantitative estimate of drug-likeness (QED) is 0.779. The van der Waals surface area contributed by atoms with Crippen LogP contribution in [0, 0.1) is 12.8 Å². The molecule has 1 saturated carbocycles. The van der Waals surface area contributed by atoms with Crippen LogP contribution in [0.1, 0.15) is 40.8 Å². The van der Waals surface area contributed by atoms with E-state index in [0.717, 1.165) is 29.9 Å². The summed E-state index contributed by atoms with van der Waals surface area (Å²) in [7, 11) is 0. The Morgan fingerprint density at radius 3 is 2.68 bits per heavy atom. The molecule has 1 aliphatic rings. The van der Waals surface area contributed by atoms with E-state index in [1.807, 2.05) is 55.5 Å². The van der Waals surface area contributed by atoms with Gasteiger partial charge in [-0.15, -0.1) is 5.10 Å². The smallest absolute Gasteiger partial charge is 0.274 e. The topological polar surface area (TPSA) is 72.7 Å². The Bertz CT molecular complexity index is 886. The predicted molar refractivity (Wildman–Crippen MR) is 93.3 cm³/mol. The lowest BCUT2D eigenvalue weighted by atomic mass is 10.1. The van der Waals surface area contributed by atoms with E-state index in [9.17, 15) is 4.79 Å². The molecule has 1 unspecified atom stereocenters. The zero-order valence-corrected chi connectivity index (χ0v) is 14.0. The molecule has 0 bridgehead atoms. The van der Waals surface area contributed by atoms with Crippen LogP contribution >= 0.6 is 0 Å². The van der Waals surface area contributed by atoms with Crippen molar-refractivity contribution in [1.29, 1.82) is 0 Å². The molecule has 126 valence electrons. The predicted octanol–water partition coefficient (Wildman–Crippen LogP) is 2.85. The fraction of sp³-hybridized carbons (Fsp3) is 0.263. The summed E-state index contributed by atoms with van der Waals surface area (Å²) in [6.45, 7) is 1.96. The molecule has 1 N–H and O–H groups in total. The molecule has 1 amide bonds. The summed E-state index contributed by atoms with van der Waals surface area (Å²) in [5.41, 5.74) is 3.04. The Kier molecular flexibility index (Phi) is 4.01. The van der Waals surface area contributed by atoms with E-state index >= 15 is 0 Å². The van der Waals surface area contributed by atoms with Gasteiger partial charge in [0.1, 0.15) is 0 Å². The molecular weight excluding hydrogens is 314 g/mol. The van der Waals surface area contributed by atoms with Crippen molar-refractivity contribution in [2.45, 2.75) is 25.8 Å². The highest BCUT2D eigenvalue weighted by molar-refractivity contribution is 5.92. The highest BCUT2D eigenvalue weighted by Gasteiger charge is 2.35. The second-order valence-electron chi connectivity index (χ2n) is 6.38. The van der Waals surface area contributed by atoms with Gasteiger partial charge in [-0.2, -0.15) is 0 Å². The van der Waals surface area contributed by atoms with Crippen LogP contribution in [0.2, 0.25) is 0 Å². The minimum Gasteiger partial charge on any atom is -0.342 e. The summed E-state index contributed by atoms with van der Waals surface area (Å²) in [6, 6.07) is 15.4. The zero-order chi connectivity index (χ0) is 17.2. The van der Waals surface area contributed by atoms with Crippen LogP contribution in [-0.2, 0) is 0 Å². The van der Waals surface area contributed by atoms with Crippen molar-refractivity contribution in [1.82, 2.24) is 25.3 Å². The van der Waals surface area contributed by atoms with Crippen molar-refractivity contribution < 1.29 is 4.79 Å². The van der Waals surface area contributed by atoms with Gasteiger partial charge >= 0.3 is 0 Å². The molecule has 1 aromatic carbocycles. The average Bonchev–Trinajstić information content (AvgIpc) is 3.35. The number of carbonyl (C=O) groups excluding carboxylic acids is 1. The molecule has 0 spiro atoms. The van der Waals surface area contributed by atoms with Crippen molar-refractivity contribution in [3.63, 3.8) is 0 Å². The molecule has 1 atom stereocenters. The van der Waals surface area contributed by atoms with E-state index < -0.39 is 0 Å². The second kappa shape index (κ2) is 6.47. The van der Waals surface area contributed by atoms with Gasteiger partial charge in [0, 0.05) is 5.69 Å². The molecule has 0 radical (unpaired) electrons. The maximum atomic E-state index is 12.6. The number of pyridine rings is 1. The number of carbonyl (C=O) groups is 1. The number of rotatable bonds is 5. The molecule has 3 aromatic rings. The van der Waals surface area contributed by atoms with Crippen molar-refractivity contribution in [2.75, 3.05) is 0 Å². The SMILES string of the molecule is Cc1cccc(C(NC(=O)c2cn(-c3ccccc3)nn2)C2CC2)n1. The van der Waals surface area contributed by atoms with Gasteiger partial charge < -0.3 is 5.32 Å². The molecule has 4 rings (SSSR count). The Balaban J connectivity index is 1.53. The largest absolute Gasteiger partial charge is 0.342 e. The highest BCUT2D eigenvalue weighted by Crippen LogP contribution is 2.40. The van der Waals surface area contributed by atoms with Crippen LogP contribution in [0.5, 0.6) is 0 Å². The van der Waals surface area contributed by atoms with Crippen LogP contribution in [0.4, 0.5) is 0 Å². The lowest BCUT2D eigenvalue weighted by Gasteiger charge is -2.17. The van der Waals surface area contributed by atoms with E-state index in [4.69, 9.17) is 0 Å². The first-order valence-electron chi connectivity index (χ1n) is 8.43. The number of amides is 1. The Morgan fingerprint density at radius 1 is 1.16 bits per heavy atom. The second-order valence-corrected chi connectivity index (χ2v) is 6.38. The third kappa shape index (κ3) is 3.42. The fourth-order valence-corrected chi connectivity index (χ4v) is 2.89. The van der Waals surface area contributed by atoms with Crippen molar-refractivity contribution >= 4 is 5.91 Å². The standard InChI is InChI=1S/C19H19N5O/c1-13-6-5-9-16(20-13)18(14-10-11-14)21-19(25)17-12-24(23-22-17)15-7-3-2-4-8-15/h2-9,12,14,18H,10-11H2,1H3,(H,21,25). The molecule has 6 heteroatoms. The van der Waals surface area contributed by atoms with E-state index in [-0.39, 0.29) is 11.9 Å². The summed E-state index contributed by atoms with van der Waals surface area (Å²) >= 11 is 0. The van der Waals surface area contributed by atoms with Gasteiger partial charge in [0.05, 0.1) is 23.6 Å². The van der Waals surface area contributed by atoms with Gasteiger partial charge in [-0.05, 0) is 49.9 Å². The van der Waals surface area contributed by atoms with Gasteiger partial charge in [-0.25, -0.2) is 4.68 Å². The van der Waals surface area contributed by atoms with Gasteiger partial charge in [0.15, 0.2) is 5.69 Å². The summed E-state index contributed by atoms with van der Waals surface area (Å²) in [6.07, 6.45) is 3.87. The number of hydrogen-bond acceptors (Lipinski definition) is 4. The Hall–Kier alpha value is -3.02. The summed E-state index contributed by atoms with van der Waals surface area (Å²) in [5, 5.41) is 11.2. The monoisotopic (exact) mass is 333 g/mol. The van der Waals surface area contributed by atoms with Gasteiger partial charge in [-0.1, -0.05) is 29.5 Å². The zero-order valence-electron chi connectivity index (χ0n) is 14.0. The third-order valence-electron chi connectivity index (χ3n) is 4.36. The highest BCUT2D eigenvalue weighted by atomic mass is 16.2. The van der Waals surface area contributed by atoms with Gasteiger partial charge in [0.25, 0.3) is 5.91 Å². The van der Waals surface area contributed by atoms with Crippen molar-refractivity contribution in [3.8, 4) is 5.69 Å². The molecule has 1 aliphatic carbocycles. The number of hydrogen-bond donors (Lipinski definition) is 1. The van der Waals surface area contributed by atoms with Crippen molar-refractivity contribution in [2.24, 2.45) is 5.92 Å². The number of para-hydroxylation sites is 1. The first kappa shape index (κ1) is 15.5. The number of nitrogens with one attached hydrogen (secondary N) is 1. The summed E-state index contributed by atoms with van der Waals surface area (Å²) in [5.74, 6) is 0.227. The van der Waals surface area contributed by atoms with Gasteiger partial charge in [0.2, 0.25) is 0 Å². The van der Waals surface area contributed by atoms with E-state index in [0.29, 0.717) is 11.6 Å². The Labute approximate surface area is 145 Å².